The van der Waals surface area contributed by atoms with Gasteiger partial charge in [-0.3, -0.25) is 27.2 Å². The van der Waals surface area contributed by atoms with Crippen LogP contribution < -0.4 is 20.1 Å². The number of aliphatic hydroxyl groups excluding tert-OH is 4. The maximum atomic E-state index is 14.0. The predicted octanol–water partition coefficient (Wildman–Crippen LogP) is 2.02. The van der Waals surface area contributed by atoms with Crippen molar-refractivity contribution in [2.24, 2.45) is 5.14 Å². The molecule has 8 rings (SSSR count). The van der Waals surface area contributed by atoms with E-state index in [2.05, 4.69) is 5.32 Å². The highest BCUT2D eigenvalue weighted by Crippen LogP contribution is 2.49. The summed E-state index contributed by atoms with van der Waals surface area (Å²) in [5.41, 5.74) is 1.37. The summed E-state index contributed by atoms with van der Waals surface area (Å²) in [6, 6.07) is 13.4. The number of carbonyl (C=O) groups is 1. The molecule has 0 aromatic heterocycles. The van der Waals surface area contributed by atoms with Crippen molar-refractivity contribution in [1.82, 2.24) is 9.62 Å². The van der Waals surface area contributed by atoms with Gasteiger partial charge in [0.25, 0.3) is 40.5 Å². The third-order valence-corrected chi connectivity index (χ3v) is 22.7. The molecule has 4 heterocycles. The number of fused-ring (bicyclic) bond motifs is 2. The molecule has 508 valence electrons. The van der Waals surface area contributed by atoms with Crippen LogP contribution in [-0.2, 0) is 91.8 Å². The Bertz CT molecular complexity index is 4210. The first-order valence-electron chi connectivity index (χ1n) is 29.1. The van der Waals surface area contributed by atoms with Crippen LogP contribution in [0.1, 0.15) is 95.8 Å². The van der Waals surface area contributed by atoms with Crippen molar-refractivity contribution >= 4 is 83.8 Å². The number of benzene rings is 3. The van der Waals surface area contributed by atoms with E-state index in [1.807, 2.05) is 61.5 Å². The van der Waals surface area contributed by atoms with Crippen molar-refractivity contribution in [1.29, 1.82) is 0 Å². The molecule has 1 amide bonds. The van der Waals surface area contributed by atoms with Crippen molar-refractivity contribution in [3.8, 4) is 5.75 Å². The van der Waals surface area contributed by atoms with Crippen LogP contribution in [0, 0.1) is 0 Å². The van der Waals surface area contributed by atoms with Crippen molar-refractivity contribution in [3.63, 3.8) is 0 Å². The maximum absolute atomic E-state index is 14.0. The molecular weight excluding hydrogens is 1330 g/mol. The molecule has 7 atom stereocenters. The number of ether oxygens (including phenoxy) is 2. The summed E-state index contributed by atoms with van der Waals surface area (Å²) < 4.78 is 207. The molecule has 1 aliphatic carbocycles. The van der Waals surface area contributed by atoms with Gasteiger partial charge in [0, 0.05) is 67.0 Å². The van der Waals surface area contributed by atoms with Gasteiger partial charge in [-0.1, -0.05) is 32.1 Å². The zero-order valence-corrected chi connectivity index (χ0v) is 55.3. The molecule has 29 nitrogen and oxygen atoms in total. The smallest absolute Gasteiger partial charge is 0.333 e. The molecule has 5 aliphatic rings. The summed E-state index contributed by atoms with van der Waals surface area (Å²) in [5.74, 6) is -1.20. The van der Waals surface area contributed by atoms with Gasteiger partial charge in [0.1, 0.15) is 48.5 Å². The van der Waals surface area contributed by atoms with E-state index in [4.69, 9.17) is 18.8 Å². The van der Waals surface area contributed by atoms with E-state index in [0.717, 1.165) is 0 Å². The number of hydrogen-bond donors (Lipinski definition) is 10. The topological polar surface area (TPSA) is 459 Å². The van der Waals surface area contributed by atoms with Gasteiger partial charge in [0.2, 0.25) is 27.1 Å². The van der Waals surface area contributed by atoms with E-state index in [9.17, 15) is 93.9 Å². The molecule has 0 radical (unpaired) electrons. The first kappa shape index (κ1) is 72.4. The third-order valence-electron chi connectivity index (χ3n) is 16.9. The van der Waals surface area contributed by atoms with Gasteiger partial charge in [-0.05, 0) is 136 Å². The zero-order valence-electron chi connectivity index (χ0n) is 50.4. The Morgan fingerprint density at radius 3 is 1.98 bits per heavy atom. The van der Waals surface area contributed by atoms with Crippen LogP contribution in [0.4, 0.5) is 11.4 Å². The van der Waals surface area contributed by atoms with E-state index in [1.165, 1.54) is 24.3 Å². The highest BCUT2D eigenvalue weighted by Gasteiger charge is 2.55. The summed E-state index contributed by atoms with van der Waals surface area (Å²) >= 11 is 0. The average Bonchev–Trinajstić information content (AvgIpc) is 1.56. The van der Waals surface area contributed by atoms with Crippen LogP contribution >= 0.6 is 0 Å². The molecule has 11 N–H and O–H groups in total. The Morgan fingerprint density at radius 1 is 0.750 bits per heavy atom. The Morgan fingerprint density at radius 2 is 1.37 bits per heavy atom. The number of nitrogens with zero attached hydrogens (tertiary/aromatic N) is 3. The molecule has 92 heavy (non-hydrogen) atoms. The number of anilines is 1. The van der Waals surface area contributed by atoms with Gasteiger partial charge in [0.15, 0.2) is 5.71 Å². The van der Waals surface area contributed by atoms with Gasteiger partial charge in [-0.15, -0.1) is 0 Å². The number of carbonyl (C=O) groups excluding carboxylic acids is 1. The largest absolute Gasteiger partial charge is 0.457 e. The van der Waals surface area contributed by atoms with E-state index >= 15 is 0 Å². The summed E-state index contributed by atoms with van der Waals surface area (Å²) in [6.45, 7) is 6.02. The quantitative estimate of drug-likeness (QED) is 0.0312. The summed E-state index contributed by atoms with van der Waals surface area (Å²) in [4.78, 5) is 15.1. The van der Waals surface area contributed by atoms with Crippen LogP contribution in [0.15, 0.2) is 117 Å². The number of allylic oxidation sites excluding steroid dienone is 7. The Balaban J connectivity index is 1.13. The van der Waals surface area contributed by atoms with Gasteiger partial charge in [0.05, 0.1) is 39.4 Å². The Hall–Kier alpha value is -5.42. The highest BCUT2D eigenvalue weighted by molar-refractivity contribution is 7.89. The minimum absolute atomic E-state index is 0.0848. The third kappa shape index (κ3) is 16.8. The van der Waals surface area contributed by atoms with Crippen molar-refractivity contribution in [2.45, 2.75) is 148 Å². The normalized spacial score (nSPS) is 24.9. The highest BCUT2D eigenvalue weighted by atomic mass is 32.2. The average molecular weight is 1410 g/mol. The molecule has 4 aliphatic heterocycles. The molecule has 2 saturated heterocycles. The monoisotopic (exact) mass is 1410 g/mol. The zero-order chi connectivity index (χ0) is 67.9. The molecule has 2 fully saturated rings. The first-order chi connectivity index (χ1) is 42.6. The fourth-order valence-electron chi connectivity index (χ4n) is 12.2. The second-order valence-corrected chi connectivity index (χ2v) is 33.2. The fourth-order valence-corrected chi connectivity index (χ4v) is 16.9. The summed E-state index contributed by atoms with van der Waals surface area (Å²) in [6.07, 6.45) is -0.234. The maximum Gasteiger partial charge on any atom is 0.333 e. The van der Waals surface area contributed by atoms with Crippen molar-refractivity contribution < 1.29 is 112 Å². The number of amides is 1. The molecule has 0 spiro atoms. The Kier molecular flexibility index (Phi) is 21.8. The second-order valence-electron chi connectivity index (χ2n) is 24.1. The minimum Gasteiger partial charge on any atom is -0.457 e. The molecular formula is C57H76N5O24S6+. The molecule has 35 heteroatoms. The van der Waals surface area contributed by atoms with Crippen molar-refractivity contribution in [2.75, 3.05) is 49.2 Å². The molecule has 3 aromatic rings. The van der Waals surface area contributed by atoms with E-state index in [0.29, 0.717) is 85.7 Å². The van der Waals surface area contributed by atoms with Gasteiger partial charge in [-0.2, -0.15) is 51.0 Å². The minimum atomic E-state index is -5.01. The van der Waals surface area contributed by atoms with E-state index < -0.39 is 151 Å². The van der Waals surface area contributed by atoms with Crippen LogP contribution in [0.25, 0.3) is 0 Å². The number of hydrogen-bond acceptors (Lipinski definition) is 21. The van der Waals surface area contributed by atoms with Crippen molar-refractivity contribution in [3.05, 3.63) is 124 Å². The second kappa shape index (κ2) is 27.7. The van der Waals surface area contributed by atoms with Crippen LogP contribution in [0.5, 0.6) is 5.75 Å². The molecule has 0 bridgehead atoms. The SMILES string of the molecule is CC1(C)C(/C=C/C2=C(Oc3ccc(CCNC(=O)[C@@H]4C[C@@H](OS(N)(=O)=O)CN4S(=O)(=O)[C@@H]4OC(CO)[C@@H](O)[C@H](O)C4O)cc3)C(=C/C=C3/N(CCCCS(=O)(=O)O)c4ccc(S(=O)(=O)O)cc4C3(C)C)/CCC2)=[N+](CCCCS(=O)(=O)O)c2ccc(S(=O)(=O)O)cc21. The molecule has 0 saturated carbocycles. The number of rotatable bonds is 26. The van der Waals surface area contributed by atoms with Crippen LogP contribution in [0.2, 0.25) is 0 Å². The van der Waals surface area contributed by atoms with Gasteiger partial charge < -0.3 is 40.1 Å². The van der Waals surface area contributed by atoms with E-state index in [1.54, 1.807) is 36.4 Å². The number of sulfonamides is 1. The Labute approximate surface area is 534 Å². The van der Waals surface area contributed by atoms with Crippen LogP contribution in [-0.4, -0.2) is 196 Å². The molecule has 3 aromatic carbocycles. The lowest BCUT2D eigenvalue weighted by atomic mass is 9.81. The first-order valence-corrected chi connectivity index (χ1v) is 38.2. The lowest BCUT2D eigenvalue weighted by Crippen LogP contribution is -2.63. The predicted molar refractivity (Wildman–Crippen MR) is 333 cm³/mol. The molecule has 2 unspecified atom stereocenters. The lowest BCUT2D eigenvalue weighted by molar-refractivity contribution is -0.438. The number of nitrogens with two attached hydrogens (primary N) is 1. The van der Waals surface area contributed by atoms with Crippen LogP contribution in [0.3, 0.4) is 0 Å². The summed E-state index contributed by atoms with van der Waals surface area (Å²) in [7, 11) is -27.6. The number of unbranched alkanes of at least 4 members (excludes halogenated alkanes) is 2. The van der Waals surface area contributed by atoms with Gasteiger partial charge >= 0.3 is 10.3 Å². The lowest BCUT2D eigenvalue weighted by Gasteiger charge is -2.41. The van der Waals surface area contributed by atoms with Gasteiger partial charge in [-0.25, -0.2) is 13.6 Å². The van der Waals surface area contributed by atoms with E-state index in [-0.39, 0.29) is 61.5 Å². The number of nitrogens with one attached hydrogen (secondary N) is 1. The standard InChI is InChI=1S/C57H75N5O24S6/c1-56(2)42-31-40(90(76,77)78)18-20-44(42)60(26-5-7-28-87(68,69)70)48(56)22-14-36-10-9-11-37(15-23-49-57(3,4)43-32-41(91(79,80)81)19-21-45(43)61(49)27-6-8-29-88(71,72)73)53(36)84-38-16-12-35(13-17-38)24-25-59-54(67)46-30-39(86-92(58,82)83)33-62(46)89(74,75)55-52(66)51(65)50(64)47(34-63)85-55/h12-23,31-32,39,46-47,50-52,55,63-66H,5-11,24-30,33-34H2,1-4H3,(H6-,58,59,67,68,69,70,71,72,73,76,77,78,79,80,81,82,83)/p+1/t39-,46+,47?,50-,51+,52?,55+/m1/s1. The summed E-state index contributed by atoms with van der Waals surface area (Å²) in [5, 5.41) is 48.8. The number of aliphatic hydroxyl groups is 4. The fraction of sp³-hybridized carbons (Fsp3) is 0.509.